The Morgan fingerprint density at radius 1 is 1.14 bits per heavy atom. The van der Waals surface area contributed by atoms with E-state index in [2.05, 4.69) is 4.98 Å². The lowest BCUT2D eigenvalue weighted by Crippen LogP contribution is -2.22. The molecule has 0 atom stereocenters. The number of amides is 1. The highest BCUT2D eigenvalue weighted by atomic mass is 32.1. The van der Waals surface area contributed by atoms with Crippen LogP contribution in [0, 0.1) is 18.3 Å². The molecule has 28 heavy (non-hydrogen) atoms. The first-order valence-electron chi connectivity index (χ1n) is 8.54. The van der Waals surface area contributed by atoms with Crippen molar-refractivity contribution >= 4 is 39.9 Å². The number of hydrogen-bond acceptors (Lipinski definition) is 5. The second-order valence-corrected chi connectivity index (χ2v) is 6.95. The summed E-state index contributed by atoms with van der Waals surface area (Å²) in [5.41, 5.74) is 2.56. The van der Waals surface area contributed by atoms with E-state index in [-0.39, 0.29) is 17.3 Å². The summed E-state index contributed by atoms with van der Waals surface area (Å²) in [6.45, 7) is 3.35. The zero-order valence-electron chi connectivity index (χ0n) is 15.4. The summed E-state index contributed by atoms with van der Waals surface area (Å²) < 4.78 is 0. The van der Waals surface area contributed by atoms with Gasteiger partial charge in [-0.3, -0.25) is 14.5 Å². The molecular weight excluding hydrogens is 370 g/mol. The Morgan fingerprint density at radius 2 is 1.89 bits per heavy atom. The average molecular weight is 387 g/mol. The van der Waals surface area contributed by atoms with Gasteiger partial charge in [0.25, 0.3) is 0 Å². The number of nitrogens with zero attached hydrogens (tertiary/aromatic N) is 3. The molecule has 3 rings (SSSR count). The molecule has 5 nitrogen and oxygen atoms in total. The molecule has 1 aromatic heterocycles. The number of aryl methyl sites for hydroxylation is 1. The van der Waals surface area contributed by atoms with Crippen LogP contribution in [0.1, 0.15) is 28.5 Å². The normalized spacial score (nSPS) is 11.0. The minimum absolute atomic E-state index is 0.00321. The highest BCUT2D eigenvalue weighted by Crippen LogP contribution is 2.29. The molecule has 0 aliphatic carbocycles. The predicted molar refractivity (Wildman–Crippen MR) is 110 cm³/mol. The van der Waals surface area contributed by atoms with Gasteiger partial charge in [0.15, 0.2) is 5.13 Å². The van der Waals surface area contributed by atoms with E-state index in [1.54, 1.807) is 23.6 Å². The Kier molecular flexibility index (Phi) is 5.78. The molecule has 1 heterocycles. The van der Waals surface area contributed by atoms with Crippen LogP contribution < -0.4 is 4.90 Å². The number of para-hydroxylation sites is 1. The summed E-state index contributed by atoms with van der Waals surface area (Å²) >= 11 is 1.27. The maximum atomic E-state index is 12.6. The smallest absolute Gasteiger partial charge is 0.230 e. The molecule has 0 unspecified atom stereocenters. The van der Waals surface area contributed by atoms with Gasteiger partial charge in [0.2, 0.25) is 11.7 Å². The van der Waals surface area contributed by atoms with Crippen LogP contribution in [0.25, 0.3) is 6.08 Å². The quantitative estimate of drug-likeness (QED) is 0.354. The van der Waals surface area contributed by atoms with Crippen molar-refractivity contribution in [1.29, 1.82) is 5.26 Å². The molecule has 0 spiro atoms. The molecule has 0 saturated carbocycles. The zero-order valence-corrected chi connectivity index (χ0v) is 16.2. The summed E-state index contributed by atoms with van der Waals surface area (Å²) in [5.74, 6) is -0.528. The van der Waals surface area contributed by atoms with Gasteiger partial charge >= 0.3 is 0 Å². The number of anilines is 2. The molecule has 0 radical (unpaired) electrons. The van der Waals surface area contributed by atoms with E-state index < -0.39 is 0 Å². The standard InChI is InChI=1S/C22H17N3O2S/c1-15-7-6-8-17(11-15)21(27)18(13-23)12-19-14-28-22(24-19)25(16(2)26)20-9-4-3-5-10-20/h3-12,14H,1-2H3/b18-12+. The fraction of sp³-hybridized carbons (Fsp3) is 0.0909. The third kappa shape index (κ3) is 4.22. The number of thiazole rings is 1. The van der Waals surface area contributed by atoms with E-state index >= 15 is 0 Å². The van der Waals surface area contributed by atoms with Gasteiger partial charge in [-0.2, -0.15) is 5.26 Å². The van der Waals surface area contributed by atoms with Crippen LogP contribution in [0.5, 0.6) is 0 Å². The van der Waals surface area contributed by atoms with Crippen LogP contribution in [-0.2, 0) is 4.79 Å². The Hall–Kier alpha value is -3.56. The first-order valence-corrected chi connectivity index (χ1v) is 9.42. The number of hydrogen-bond donors (Lipinski definition) is 0. The molecule has 6 heteroatoms. The SMILES string of the molecule is CC(=O)N(c1ccccc1)c1nc(/C=C(\C#N)C(=O)c2cccc(C)c2)cs1. The molecule has 0 fully saturated rings. The van der Waals surface area contributed by atoms with Crippen LogP contribution in [0.15, 0.2) is 65.6 Å². The number of carbonyl (C=O) groups excluding carboxylic acids is 2. The fourth-order valence-corrected chi connectivity index (χ4v) is 3.53. The second-order valence-electron chi connectivity index (χ2n) is 6.11. The van der Waals surface area contributed by atoms with Crippen molar-refractivity contribution in [1.82, 2.24) is 4.98 Å². The second kappa shape index (κ2) is 8.42. The van der Waals surface area contributed by atoms with Crippen molar-refractivity contribution < 1.29 is 9.59 Å². The summed E-state index contributed by atoms with van der Waals surface area (Å²) in [5, 5.41) is 11.6. The van der Waals surface area contributed by atoms with E-state index in [0.29, 0.717) is 22.1 Å². The molecule has 0 N–H and O–H groups in total. The molecule has 138 valence electrons. The molecule has 0 saturated heterocycles. The zero-order chi connectivity index (χ0) is 20.1. The first-order chi connectivity index (χ1) is 13.5. The van der Waals surface area contributed by atoms with Gasteiger partial charge in [-0.25, -0.2) is 4.98 Å². The van der Waals surface area contributed by atoms with Crippen LogP contribution in [0.3, 0.4) is 0 Å². The summed E-state index contributed by atoms with van der Waals surface area (Å²) in [7, 11) is 0. The van der Waals surface area contributed by atoms with Crippen molar-refractivity contribution in [2.45, 2.75) is 13.8 Å². The third-order valence-electron chi connectivity index (χ3n) is 3.97. The van der Waals surface area contributed by atoms with Crippen LogP contribution in [-0.4, -0.2) is 16.7 Å². The van der Waals surface area contributed by atoms with Crippen LogP contribution in [0.4, 0.5) is 10.8 Å². The van der Waals surface area contributed by atoms with E-state index in [0.717, 1.165) is 5.56 Å². The lowest BCUT2D eigenvalue weighted by molar-refractivity contribution is -0.115. The van der Waals surface area contributed by atoms with Gasteiger partial charge in [-0.1, -0.05) is 42.0 Å². The Balaban J connectivity index is 1.93. The third-order valence-corrected chi connectivity index (χ3v) is 4.81. The number of aromatic nitrogens is 1. The topological polar surface area (TPSA) is 74.1 Å². The van der Waals surface area contributed by atoms with Crippen molar-refractivity contribution in [3.8, 4) is 6.07 Å². The number of nitriles is 1. The number of ketones is 1. The molecule has 0 aliphatic rings. The molecule has 1 amide bonds. The van der Waals surface area contributed by atoms with Gasteiger partial charge in [0, 0.05) is 17.9 Å². The number of Topliss-reactive ketones (excluding diaryl/α,β-unsaturated/α-hetero) is 1. The Morgan fingerprint density at radius 3 is 2.54 bits per heavy atom. The monoisotopic (exact) mass is 387 g/mol. The lowest BCUT2D eigenvalue weighted by Gasteiger charge is -2.17. The van der Waals surface area contributed by atoms with Crippen LogP contribution >= 0.6 is 11.3 Å². The number of benzene rings is 2. The Labute approximate surface area is 167 Å². The minimum atomic E-state index is -0.354. The number of rotatable bonds is 5. The Bertz CT molecular complexity index is 1090. The van der Waals surface area contributed by atoms with E-state index in [4.69, 9.17) is 0 Å². The van der Waals surface area contributed by atoms with E-state index in [1.807, 2.05) is 49.4 Å². The highest BCUT2D eigenvalue weighted by Gasteiger charge is 2.18. The summed E-state index contributed by atoms with van der Waals surface area (Å²) in [6, 6.07) is 18.2. The molecular formula is C22H17N3O2S. The van der Waals surface area contributed by atoms with Crippen molar-refractivity contribution in [2.24, 2.45) is 0 Å². The van der Waals surface area contributed by atoms with E-state index in [9.17, 15) is 14.9 Å². The van der Waals surface area contributed by atoms with Gasteiger partial charge in [-0.15, -0.1) is 11.3 Å². The maximum Gasteiger partial charge on any atom is 0.230 e. The average Bonchev–Trinajstić information content (AvgIpc) is 3.14. The molecule has 2 aromatic carbocycles. The maximum absolute atomic E-state index is 12.6. The first kappa shape index (κ1) is 19.2. The number of carbonyl (C=O) groups is 2. The fourth-order valence-electron chi connectivity index (χ4n) is 2.69. The molecule has 0 bridgehead atoms. The summed E-state index contributed by atoms with van der Waals surface area (Å²) in [4.78, 5) is 30.7. The van der Waals surface area contributed by atoms with Gasteiger partial charge < -0.3 is 0 Å². The van der Waals surface area contributed by atoms with Gasteiger partial charge in [0.1, 0.15) is 11.6 Å². The summed E-state index contributed by atoms with van der Waals surface area (Å²) in [6.07, 6.45) is 1.45. The minimum Gasteiger partial charge on any atom is -0.288 e. The predicted octanol–water partition coefficient (Wildman–Crippen LogP) is 4.93. The van der Waals surface area contributed by atoms with Gasteiger partial charge in [-0.05, 0) is 31.2 Å². The van der Waals surface area contributed by atoms with Crippen molar-refractivity contribution in [3.05, 3.63) is 82.4 Å². The largest absolute Gasteiger partial charge is 0.288 e. The molecule has 0 aliphatic heterocycles. The van der Waals surface area contributed by atoms with E-state index in [1.165, 1.54) is 29.2 Å². The van der Waals surface area contributed by atoms with Crippen LogP contribution in [0.2, 0.25) is 0 Å². The molecule has 3 aromatic rings. The van der Waals surface area contributed by atoms with Crippen molar-refractivity contribution in [3.63, 3.8) is 0 Å². The number of allylic oxidation sites excluding steroid dienone is 1. The lowest BCUT2D eigenvalue weighted by atomic mass is 10.0. The van der Waals surface area contributed by atoms with Gasteiger partial charge in [0.05, 0.1) is 11.4 Å². The highest BCUT2D eigenvalue weighted by molar-refractivity contribution is 7.14. The van der Waals surface area contributed by atoms with Crippen molar-refractivity contribution in [2.75, 3.05) is 4.90 Å².